The first-order valence-corrected chi connectivity index (χ1v) is 6.39. The number of nitrogens with one attached hydrogen (secondary N) is 2. The van der Waals surface area contributed by atoms with Crippen LogP contribution in [0.15, 0.2) is 0 Å². The van der Waals surface area contributed by atoms with Gasteiger partial charge in [-0.15, -0.1) is 0 Å². The van der Waals surface area contributed by atoms with Crippen molar-refractivity contribution in [1.82, 2.24) is 15.5 Å². The van der Waals surface area contributed by atoms with Crippen LogP contribution < -0.4 is 10.6 Å². The lowest BCUT2D eigenvalue weighted by Crippen LogP contribution is -2.57. The van der Waals surface area contributed by atoms with Gasteiger partial charge in [0.2, 0.25) is 0 Å². The lowest BCUT2D eigenvalue weighted by molar-refractivity contribution is -0.144. The first-order chi connectivity index (χ1) is 8.41. The molecule has 0 saturated carbocycles. The van der Waals surface area contributed by atoms with Crippen LogP contribution in [-0.2, 0) is 4.79 Å². The number of hydrogen-bond acceptors (Lipinski definition) is 3. The molecule has 0 saturated heterocycles. The molecular formula is C12H25N3O3. The lowest BCUT2D eigenvalue weighted by Gasteiger charge is -2.28. The second kappa shape index (κ2) is 7.92. The number of amides is 2. The molecule has 106 valence electrons. The Balaban J connectivity index is 4.24. The SMILES string of the molecule is CCN(C)CCNC(=O)NC(CC)(CC)C(=O)O. The van der Waals surface area contributed by atoms with Gasteiger partial charge in [-0.1, -0.05) is 20.8 Å². The van der Waals surface area contributed by atoms with Gasteiger partial charge in [0, 0.05) is 13.1 Å². The molecule has 0 aliphatic carbocycles. The van der Waals surface area contributed by atoms with E-state index in [0.717, 1.165) is 13.1 Å². The average Bonchev–Trinajstić information content (AvgIpc) is 2.35. The van der Waals surface area contributed by atoms with Crippen molar-refractivity contribution < 1.29 is 14.7 Å². The standard InChI is InChI=1S/C12H25N3O3/c1-5-12(6-2,10(16)17)14-11(18)13-8-9-15(4)7-3/h5-9H2,1-4H3,(H,16,17)(H2,13,14,18). The zero-order valence-electron chi connectivity index (χ0n) is 11.7. The van der Waals surface area contributed by atoms with Gasteiger partial charge in [0.15, 0.2) is 0 Å². The number of hydrogen-bond donors (Lipinski definition) is 3. The quantitative estimate of drug-likeness (QED) is 0.604. The monoisotopic (exact) mass is 259 g/mol. The third-order valence-electron chi connectivity index (χ3n) is 3.29. The van der Waals surface area contributed by atoms with Gasteiger partial charge < -0.3 is 20.6 Å². The number of likely N-dealkylation sites (N-methyl/N-ethyl adjacent to an activating group) is 1. The van der Waals surface area contributed by atoms with Crippen LogP contribution >= 0.6 is 0 Å². The molecule has 0 heterocycles. The number of rotatable bonds is 8. The largest absolute Gasteiger partial charge is 0.480 e. The van der Waals surface area contributed by atoms with Gasteiger partial charge in [-0.2, -0.15) is 0 Å². The van der Waals surface area contributed by atoms with Gasteiger partial charge in [-0.05, 0) is 26.4 Å². The van der Waals surface area contributed by atoms with E-state index >= 15 is 0 Å². The lowest BCUT2D eigenvalue weighted by atomic mass is 9.93. The minimum atomic E-state index is -1.17. The Morgan fingerprint density at radius 1 is 1.22 bits per heavy atom. The van der Waals surface area contributed by atoms with Gasteiger partial charge in [0.05, 0.1) is 0 Å². The maximum Gasteiger partial charge on any atom is 0.329 e. The van der Waals surface area contributed by atoms with Crippen LogP contribution in [-0.4, -0.2) is 54.2 Å². The molecule has 18 heavy (non-hydrogen) atoms. The van der Waals surface area contributed by atoms with Crippen molar-refractivity contribution >= 4 is 12.0 Å². The molecule has 0 aliphatic rings. The predicted molar refractivity (Wildman–Crippen MR) is 70.7 cm³/mol. The van der Waals surface area contributed by atoms with Crippen LogP contribution in [0.25, 0.3) is 0 Å². The molecule has 2 amide bonds. The van der Waals surface area contributed by atoms with E-state index in [4.69, 9.17) is 0 Å². The number of nitrogens with zero attached hydrogens (tertiary/aromatic N) is 1. The summed E-state index contributed by atoms with van der Waals surface area (Å²) in [6, 6.07) is -0.425. The molecule has 0 radical (unpaired) electrons. The highest BCUT2D eigenvalue weighted by Crippen LogP contribution is 2.14. The van der Waals surface area contributed by atoms with Crippen molar-refractivity contribution in [2.24, 2.45) is 0 Å². The van der Waals surface area contributed by atoms with E-state index in [-0.39, 0.29) is 0 Å². The fourth-order valence-electron chi connectivity index (χ4n) is 1.56. The van der Waals surface area contributed by atoms with E-state index in [1.165, 1.54) is 0 Å². The summed E-state index contributed by atoms with van der Waals surface area (Å²) in [6.07, 6.45) is 0.724. The Labute approximate surface area is 109 Å². The summed E-state index contributed by atoms with van der Waals surface area (Å²) in [7, 11) is 1.96. The molecule has 0 bridgehead atoms. The van der Waals surface area contributed by atoms with Gasteiger partial charge in [-0.25, -0.2) is 9.59 Å². The minimum Gasteiger partial charge on any atom is -0.480 e. The summed E-state index contributed by atoms with van der Waals surface area (Å²) in [6.45, 7) is 7.68. The molecule has 0 aliphatic heterocycles. The Morgan fingerprint density at radius 2 is 1.78 bits per heavy atom. The fourth-order valence-corrected chi connectivity index (χ4v) is 1.56. The van der Waals surface area contributed by atoms with Gasteiger partial charge in [0.25, 0.3) is 0 Å². The zero-order chi connectivity index (χ0) is 14.2. The smallest absolute Gasteiger partial charge is 0.329 e. The van der Waals surface area contributed by atoms with Crippen LogP contribution in [0.4, 0.5) is 4.79 Å². The van der Waals surface area contributed by atoms with Crippen LogP contribution in [0.3, 0.4) is 0 Å². The van der Waals surface area contributed by atoms with Gasteiger partial charge >= 0.3 is 12.0 Å². The van der Waals surface area contributed by atoms with Gasteiger partial charge in [0.1, 0.15) is 5.54 Å². The molecule has 6 heteroatoms. The molecule has 0 rings (SSSR count). The number of carboxylic acid groups (broad SMARTS) is 1. The van der Waals surface area contributed by atoms with Crippen LogP contribution in [0, 0.1) is 0 Å². The predicted octanol–water partition coefficient (Wildman–Crippen LogP) is 0.881. The van der Waals surface area contributed by atoms with Gasteiger partial charge in [-0.3, -0.25) is 0 Å². The Morgan fingerprint density at radius 3 is 2.17 bits per heavy atom. The Bertz CT molecular complexity index is 278. The van der Waals surface area contributed by atoms with Crippen LogP contribution in [0.2, 0.25) is 0 Å². The van der Waals surface area contributed by atoms with E-state index in [2.05, 4.69) is 15.5 Å². The van der Waals surface area contributed by atoms with Crippen molar-refractivity contribution in [3.63, 3.8) is 0 Å². The van der Waals surface area contributed by atoms with E-state index < -0.39 is 17.5 Å². The van der Waals surface area contributed by atoms with Crippen molar-refractivity contribution in [1.29, 1.82) is 0 Å². The van der Waals surface area contributed by atoms with Crippen molar-refractivity contribution in [2.75, 3.05) is 26.7 Å². The first kappa shape index (κ1) is 16.7. The molecule has 0 aromatic rings. The van der Waals surface area contributed by atoms with Crippen molar-refractivity contribution in [3.8, 4) is 0 Å². The highest BCUT2D eigenvalue weighted by atomic mass is 16.4. The third kappa shape index (κ3) is 4.91. The number of aliphatic carboxylic acids is 1. The molecular weight excluding hydrogens is 234 g/mol. The summed E-state index contributed by atoms with van der Waals surface area (Å²) < 4.78 is 0. The molecule has 0 fully saturated rings. The summed E-state index contributed by atoms with van der Waals surface area (Å²) in [5.74, 6) is -0.992. The zero-order valence-corrected chi connectivity index (χ0v) is 11.7. The summed E-state index contributed by atoms with van der Waals surface area (Å²) in [4.78, 5) is 24.9. The normalized spacial score (nSPS) is 11.4. The van der Waals surface area contributed by atoms with E-state index in [1.807, 2.05) is 14.0 Å². The summed E-state index contributed by atoms with van der Waals surface area (Å²) in [5, 5.41) is 14.4. The Hall–Kier alpha value is -1.30. The van der Waals surface area contributed by atoms with Crippen LogP contribution in [0.5, 0.6) is 0 Å². The van der Waals surface area contributed by atoms with Crippen molar-refractivity contribution in [3.05, 3.63) is 0 Å². The Kier molecular flexibility index (Phi) is 7.35. The van der Waals surface area contributed by atoms with E-state index in [0.29, 0.717) is 19.4 Å². The topological polar surface area (TPSA) is 81.7 Å². The summed E-state index contributed by atoms with van der Waals surface area (Å²) in [5.41, 5.74) is -1.17. The molecule has 0 atom stereocenters. The number of carboxylic acids is 1. The maximum atomic E-state index is 11.6. The highest BCUT2D eigenvalue weighted by Gasteiger charge is 2.36. The molecule has 0 unspecified atom stereocenters. The van der Waals surface area contributed by atoms with Crippen LogP contribution in [0.1, 0.15) is 33.6 Å². The number of carbonyl (C=O) groups excluding carboxylic acids is 1. The molecule has 6 nitrogen and oxygen atoms in total. The molecule has 3 N–H and O–H groups in total. The number of urea groups is 1. The van der Waals surface area contributed by atoms with E-state index in [1.54, 1.807) is 13.8 Å². The first-order valence-electron chi connectivity index (χ1n) is 6.39. The summed E-state index contributed by atoms with van der Waals surface area (Å²) >= 11 is 0. The second-order valence-electron chi connectivity index (χ2n) is 4.37. The highest BCUT2D eigenvalue weighted by molar-refractivity contribution is 5.86. The average molecular weight is 259 g/mol. The molecule has 0 aromatic carbocycles. The molecule has 0 spiro atoms. The fraction of sp³-hybridized carbons (Fsp3) is 0.833. The second-order valence-corrected chi connectivity index (χ2v) is 4.37. The van der Waals surface area contributed by atoms with Crippen molar-refractivity contribution in [2.45, 2.75) is 39.2 Å². The molecule has 0 aromatic heterocycles. The maximum absolute atomic E-state index is 11.6. The van der Waals surface area contributed by atoms with E-state index in [9.17, 15) is 14.7 Å². The number of carbonyl (C=O) groups is 2. The third-order valence-corrected chi connectivity index (χ3v) is 3.29. The minimum absolute atomic E-state index is 0.362.